The first-order valence-corrected chi connectivity index (χ1v) is 3.44. The van der Waals surface area contributed by atoms with Crippen LogP contribution in [0.25, 0.3) is 5.65 Å². The van der Waals surface area contributed by atoms with Gasteiger partial charge in [-0.3, -0.25) is 0 Å². The van der Waals surface area contributed by atoms with Gasteiger partial charge >= 0.3 is 5.65 Å². The molecule has 0 saturated heterocycles. The summed E-state index contributed by atoms with van der Waals surface area (Å²) in [7, 11) is 1.90. The highest BCUT2D eigenvalue weighted by Gasteiger charge is 2.06. The molecule has 0 aliphatic heterocycles. The molecule has 0 unspecified atom stereocenters. The molecule has 0 fully saturated rings. The minimum Gasteiger partial charge on any atom is -0.131 e. The fourth-order valence-electron chi connectivity index (χ4n) is 1.04. The van der Waals surface area contributed by atoms with Crippen LogP contribution < -0.4 is 4.68 Å². The molecule has 0 radical (unpaired) electrons. The molecule has 0 spiro atoms. The fourth-order valence-corrected chi connectivity index (χ4v) is 1.04. The third-order valence-corrected chi connectivity index (χ3v) is 1.64. The lowest BCUT2D eigenvalue weighted by atomic mass is 10.3. The number of hydrogen-bond acceptors (Lipinski definition) is 2. The lowest BCUT2D eigenvalue weighted by molar-refractivity contribution is -0.704. The van der Waals surface area contributed by atoms with Crippen LogP contribution in [-0.2, 0) is 7.05 Å². The van der Waals surface area contributed by atoms with Crippen molar-refractivity contribution in [3.05, 3.63) is 24.2 Å². The van der Waals surface area contributed by atoms with E-state index in [9.17, 15) is 0 Å². The van der Waals surface area contributed by atoms with Gasteiger partial charge in [0.1, 0.15) is 7.05 Å². The zero-order valence-corrected chi connectivity index (χ0v) is 6.52. The van der Waals surface area contributed by atoms with E-state index in [1.54, 1.807) is 15.5 Å². The van der Waals surface area contributed by atoms with Crippen LogP contribution in [0.4, 0.5) is 0 Å². The molecule has 2 aromatic rings. The van der Waals surface area contributed by atoms with Crippen molar-refractivity contribution in [3.63, 3.8) is 0 Å². The average molecular weight is 149 g/mol. The van der Waals surface area contributed by atoms with Gasteiger partial charge in [0.15, 0.2) is 0 Å². The minimum atomic E-state index is 1.00. The molecule has 11 heavy (non-hydrogen) atoms. The molecule has 0 atom stereocenters. The normalized spacial score (nSPS) is 10.7. The molecule has 0 aliphatic rings. The van der Waals surface area contributed by atoms with E-state index in [0.717, 1.165) is 11.2 Å². The van der Waals surface area contributed by atoms with E-state index in [0.29, 0.717) is 0 Å². The quantitative estimate of drug-likeness (QED) is 0.489. The number of aryl methyl sites for hydroxylation is 2. The van der Waals surface area contributed by atoms with E-state index >= 15 is 0 Å². The Bertz CT molecular complexity index is 390. The van der Waals surface area contributed by atoms with Gasteiger partial charge in [-0.05, 0) is 17.6 Å². The number of nitrogens with zero attached hydrogens (tertiary/aromatic N) is 4. The van der Waals surface area contributed by atoms with Gasteiger partial charge in [-0.25, -0.2) is 0 Å². The van der Waals surface area contributed by atoms with Gasteiger partial charge in [-0.1, -0.05) is 9.61 Å². The van der Waals surface area contributed by atoms with Gasteiger partial charge in [0, 0.05) is 6.07 Å². The first-order valence-electron chi connectivity index (χ1n) is 3.44. The van der Waals surface area contributed by atoms with Crippen LogP contribution in [0.3, 0.4) is 0 Å². The van der Waals surface area contributed by atoms with Crippen LogP contribution >= 0.6 is 0 Å². The van der Waals surface area contributed by atoms with Crippen LogP contribution in [0.2, 0.25) is 0 Å². The Morgan fingerprint density at radius 2 is 2.36 bits per heavy atom. The summed E-state index contributed by atoms with van der Waals surface area (Å²) in [6.07, 6.45) is 3.50. The van der Waals surface area contributed by atoms with E-state index in [-0.39, 0.29) is 0 Å². The Balaban J connectivity index is 2.87. The second-order valence-electron chi connectivity index (χ2n) is 2.59. The van der Waals surface area contributed by atoms with Crippen molar-refractivity contribution in [2.24, 2.45) is 7.05 Å². The summed E-state index contributed by atoms with van der Waals surface area (Å²) < 4.78 is 3.53. The molecule has 56 valence electrons. The molecule has 0 aliphatic carbocycles. The highest BCUT2D eigenvalue weighted by atomic mass is 15.4. The van der Waals surface area contributed by atoms with Gasteiger partial charge in [0.25, 0.3) is 6.33 Å². The molecule has 4 nitrogen and oxygen atoms in total. The molecule has 0 saturated carbocycles. The van der Waals surface area contributed by atoms with E-state index < -0.39 is 0 Å². The highest BCUT2D eigenvalue weighted by Crippen LogP contribution is 1.96. The smallest absolute Gasteiger partial charge is 0.131 e. The molecule has 0 amide bonds. The molecule has 2 aromatic heterocycles. The molecule has 4 heteroatoms. The van der Waals surface area contributed by atoms with Crippen LogP contribution in [0, 0.1) is 6.92 Å². The van der Waals surface area contributed by atoms with Gasteiger partial charge in [-0.2, -0.15) is 0 Å². The third-order valence-electron chi connectivity index (χ3n) is 1.64. The maximum Gasteiger partial charge on any atom is 0.329 e. The van der Waals surface area contributed by atoms with E-state index in [4.69, 9.17) is 0 Å². The van der Waals surface area contributed by atoms with E-state index in [1.165, 1.54) is 0 Å². The second kappa shape index (κ2) is 2.02. The number of rotatable bonds is 0. The maximum atomic E-state index is 4.13. The van der Waals surface area contributed by atoms with Crippen molar-refractivity contribution in [2.75, 3.05) is 0 Å². The summed E-state index contributed by atoms with van der Waals surface area (Å²) in [5.74, 6) is 0. The first kappa shape index (κ1) is 6.27. The molecule has 0 N–H and O–H groups in total. The highest BCUT2D eigenvalue weighted by molar-refractivity contribution is 5.31. The summed E-state index contributed by atoms with van der Waals surface area (Å²) in [5, 5.41) is 8.19. The van der Waals surface area contributed by atoms with Crippen LogP contribution in [0.1, 0.15) is 5.56 Å². The summed E-state index contributed by atoms with van der Waals surface area (Å²) in [6.45, 7) is 2.01. The largest absolute Gasteiger partial charge is 0.329 e. The monoisotopic (exact) mass is 149 g/mol. The standard InChI is InChI=1S/C7H9N4/c1-6-3-7-10(2)9-5-11(7)8-4-6/h3-5H,1-2H3/q+1. The lowest BCUT2D eigenvalue weighted by Crippen LogP contribution is -2.30. The Morgan fingerprint density at radius 1 is 1.55 bits per heavy atom. The fraction of sp³-hybridized carbons (Fsp3) is 0.286. The van der Waals surface area contributed by atoms with E-state index in [2.05, 4.69) is 10.2 Å². The predicted molar refractivity (Wildman–Crippen MR) is 38.9 cm³/mol. The molecule has 0 aromatic carbocycles. The third kappa shape index (κ3) is 0.869. The van der Waals surface area contributed by atoms with Crippen molar-refractivity contribution in [1.29, 1.82) is 0 Å². The summed E-state index contributed by atoms with van der Waals surface area (Å²) in [5.41, 5.74) is 2.15. The van der Waals surface area contributed by atoms with Crippen molar-refractivity contribution >= 4 is 5.65 Å². The van der Waals surface area contributed by atoms with E-state index in [1.807, 2.05) is 26.2 Å². The Labute approximate surface area is 64.1 Å². The predicted octanol–water partition coefficient (Wildman–Crippen LogP) is -0.138. The van der Waals surface area contributed by atoms with Crippen molar-refractivity contribution < 1.29 is 4.68 Å². The summed E-state index contributed by atoms with van der Waals surface area (Å²) in [6, 6.07) is 2.04. The lowest BCUT2D eigenvalue weighted by Gasteiger charge is -1.86. The van der Waals surface area contributed by atoms with Gasteiger partial charge in [0.05, 0.1) is 6.20 Å². The van der Waals surface area contributed by atoms with Crippen molar-refractivity contribution in [3.8, 4) is 0 Å². The molecular weight excluding hydrogens is 140 g/mol. The Kier molecular flexibility index (Phi) is 1.15. The Morgan fingerprint density at radius 3 is 3.18 bits per heavy atom. The Hall–Kier alpha value is -1.45. The summed E-state index contributed by atoms with van der Waals surface area (Å²) in [4.78, 5) is 0. The van der Waals surface area contributed by atoms with Crippen LogP contribution in [0.15, 0.2) is 18.6 Å². The number of hydrogen-bond donors (Lipinski definition) is 0. The van der Waals surface area contributed by atoms with Gasteiger partial charge in [0.2, 0.25) is 0 Å². The summed E-state index contributed by atoms with van der Waals surface area (Å²) >= 11 is 0. The number of fused-ring (bicyclic) bond motifs is 1. The maximum absolute atomic E-state index is 4.13. The van der Waals surface area contributed by atoms with Gasteiger partial charge < -0.3 is 0 Å². The first-order chi connectivity index (χ1) is 5.27. The zero-order valence-electron chi connectivity index (χ0n) is 6.52. The molecule has 2 rings (SSSR count). The molecular formula is C7H9N4+. The van der Waals surface area contributed by atoms with Crippen molar-refractivity contribution in [2.45, 2.75) is 6.92 Å². The topological polar surface area (TPSA) is 34.1 Å². The zero-order chi connectivity index (χ0) is 7.84. The second-order valence-corrected chi connectivity index (χ2v) is 2.59. The minimum absolute atomic E-state index is 1.00. The molecule has 0 bridgehead atoms. The van der Waals surface area contributed by atoms with Crippen LogP contribution in [0.5, 0.6) is 0 Å². The number of aromatic nitrogens is 4. The average Bonchev–Trinajstić information content (AvgIpc) is 2.33. The van der Waals surface area contributed by atoms with Crippen LogP contribution in [-0.4, -0.2) is 14.7 Å². The molecule has 2 heterocycles. The SMILES string of the molecule is Cc1cnn2cn[n+](C)c2c1. The van der Waals surface area contributed by atoms with Gasteiger partial charge in [-0.15, -0.1) is 4.68 Å². The van der Waals surface area contributed by atoms with Crippen molar-refractivity contribution in [1.82, 2.24) is 14.7 Å².